The van der Waals surface area contributed by atoms with Crippen molar-refractivity contribution in [3.8, 4) is 22.4 Å². The van der Waals surface area contributed by atoms with Crippen LogP contribution >= 0.6 is 0 Å². The van der Waals surface area contributed by atoms with Gasteiger partial charge in [0.05, 0.1) is 20.2 Å². The fourth-order valence-corrected chi connectivity index (χ4v) is 9.56. The van der Waals surface area contributed by atoms with Gasteiger partial charge in [0.2, 0.25) is 12.4 Å². The van der Waals surface area contributed by atoms with E-state index in [4.69, 9.17) is 0 Å². The highest BCUT2D eigenvalue weighted by atomic mass is 15.9. The van der Waals surface area contributed by atoms with E-state index >= 15 is 0 Å². The number of nitrogens with zero attached hydrogens (tertiary/aromatic N) is 3. The zero-order valence-corrected chi connectivity index (χ0v) is 25.9. The summed E-state index contributed by atoms with van der Waals surface area (Å²) in [6.07, 6.45) is 4.68. The third kappa shape index (κ3) is 2.42. The Morgan fingerprint density at radius 2 is 1.29 bits per heavy atom. The molecule has 5 aromatic carbocycles. The summed E-state index contributed by atoms with van der Waals surface area (Å²) in [6.45, 7) is 9.24. The molecule has 0 N–H and O–H groups in total. The molecule has 212 valence electrons. The highest BCUT2D eigenvalue weighted by molar-refractivity contribution is 6.15. The Bertz CT molecular complexity index is 2500. The van der Waals surface area contributed by atoms with Crippen molar-refractivity contribution < 1.29 is 9.35 Å². The summed E-state index contributed by atoms with van der Waals surface area (Å²) in [5.41, 5.74) is 17.1. The smallest absolute Gasteiger partial charge is 0.0619 e. The fourth-order valence-electron chi connectivity index (χ4n) is 9.56. The van der Waals surface area contributed by atoms with Crippen LogP contribution < -0.4 is 14.1 Å². The minimum Gasteiger partial charge on any atom is -0.0619 e. The zero-order valence-electron chi connectivity index (χ0n) is 25.9. The summed E-state index contributed by atoms with van der Waals surface area (Å²) in [7, 11) is 0. The minimum atomic E-state index is -0.436. The van der Waals surface area contributed by atoms with Crippen LogP contribution in [0, 0.1) is 6.92 Å². The van der Waals surface area contributed by atoms with Gasteiger partial charge in [-0.1, -0.05) is 87.5 Å². The van der Waals surface area contributed by atoms with Gasteiger partial charge in [-0.15, -0.1) is 0 Å². The van der Waals surface area contributed by atoms with E-state index in [-0.39, 0.29) is 5.41 Å². The molecule has 7 aromatic rings. The lowest BCUT2D eigenvalue weighted by Crippen LogP contribution is -2.82. The maximum atomic E-state index is 2.56. The molecule has 4 aliphatic rings. The lowest BCUT2D eigenvalue weighted by Gasteiger charge is -2.39. The quantitative estimate of drug-likeness (QED) is 0.0966. The van der Waals surface area contributed by atoms with E-state index in [9.17, 15) is 0 Å². The molecule has 45 heavy (non-hydrogen) atoms. The highest BCUT2D eigenvalue weighted by Gasteiger charge is 2.74. The van der Waals surface area contributed by atoms with Crippen molar-refractivity contribution in [1.29, 1.82) is 0 Å². The van der Waals surface area contributed by atoms with Crippen molar-refractivity contribution in [2.45, 2.75) is 38.5 Å². The molecule has 3 heteroatoms. The standard InChI is InChI=1S/C42H32N3/c1-25-22-31-36-24-28(41(2,3)4)19-21-43(36)45-39(31)35(23-25)42(32-13-7-5-11-29(32)30-12-6-8-14-33(30)42)34-18-17-26-15-16-27-10-9-20-44(45)38(27)37(26)40(34)45/h5-24H,1-4H3/q+3. The van der Waals surface area contributed by atoms with Gasteiger partial charge in [0, 0.05) is 29.3 Å². The van der Waals surface area contributed by atoms with Crippen molar-refractivity contribution in [3.63, 3.8) is 0 Å². The second-order valence-electron chi connectivity index (χ2n) is 14.5. The summed E-state index contributed by atoms with van der Waals surface area (Å²) in [5, 5.41) is 3.93. The number of benzene rings is 5. The molecule has 11 rings (SSSR count). The number of rotatable bonds is 0. The van der Waals surface area contributed by atoms with Gasteiger partial charge in [-0.3, -0.25) is 0 Å². The van der Waals surface area contributed by atoms with Crippen molar-refractivity contribution in [2.24, 2.45) is 0 Å². The first-order valence-corrected chi connectivity index (χ1v) is 16.1. The third-order valence-corrected chi connectivity index (χ3v) is 11.2. The van der Waals surface area contributed by atoms with Crippen LogP contribution in [0.5, 0.6) is 0 Å². The average Bonchev–Trinajstić information content (AvgIpc) is 3.64. The van der Waals surface area contributed by atoms with Crippen LogP contribution in [0.15, 0.2) is 122 Å². The van der Waals surface area contributed by atoms with E-state index in [1.807, 2.05) is 0 Å². The molecule has 2 spiro atoms. The Labute approximate surface area is 262 Å². The molecule has 0 radical (unpaired) electrons. The van der Waals surface area contributed by atoms with Crippen LogP contribution in [0.3, 0.4) is 0 Å². The number of hydrogen-bond acceptors (Lipinski definition) is 0. The number of aryl methyl sites for hydroxylation is 1. The average molecular weight is 579 g/mol. The molecular formula is C42H32N3+3. The summed E-state index contributed by atoms with van der Waals surface area (Å²) in [4.78, 5) is 0. The first-order valence-electron chi connectivity index (χ1n) is 16.1. The number of fused-ring (bicyclic) bond motifs is 9. The maximum Gasteiger partial charge on any atom is 0.294 e. The van der Waals surface area contributed by atoms with Gasteiger partial charge in [-0.2, -0.15) is 0 Å². The number of hydrogen-bond donors (Lipinski definition) is 0. The third-order valence-electron chi connectivity index (χ3n) is 11.2. The summed E-state index contributed by atoms with van der Waals surface area (Å²) in [6, 6.07) is 42.1. The molecule has 2 aromatic heterocycles. The zero-order chi connectivity index (χ0) is 30.0. The van der Waals surface area contributed by atoms with E-state index in [0.29, 0.717) is 4.70 Å². The first-order chi connectivity index (χ1) is 21.9. The molecule has 3 aliphatic heterocycles. The Morgan fingerprint density at radius 3 is 2.04 bits per heavy atom. The molecule has 0 fully saturated rings. The predicted octanol–water partition coefficient (Wildman–Crippen LogP) is 8.71. The SMILES string of the molecule is Cc1cc2c3c(c1)C1(c4ccccc4-c4ccccc41)c1ccc4ccc5ccc[n+]6c5c4c1[N+]36[n+]1ccc(C(C)(C)C)cc1-2. The molecule has 0 bridgehead atoms. The van der Waals surface area contributed by atoms with Crippen LogP contribution in [0.4, 0.5) is 11.4 Å². The molecule has 1 unspecified atom stereocenters. The lowest BCUT2D eigenvalue weighted by molar-refractivity contribution is -1.02. The van der Waals surface area contributed by atoms with Crippen LogP contribution in [-0.2, 0) is 10.8 Å². The van der Waals surface area contributed by atoms with Gasteiger partial charge < -0.3 is 0 Å². The highest BCUT2D eigenvalue weighted by Crippen LogP contribution is 2.67. The fraction of sp³-hybridized carbons (Fsp3) is 0.143. The van der Waals surface area contributed by atoms with Gasteiger partial charge >= 0.3 is 0 Å². The predicted molar refractivity (Wildman–Crippen MR) is 180 cm³/mol. The number of aromatic nitrogens is 2. The molecule has 3 nitrogen and oxygen atoms in total. The number of quaternary nitrogens is 1. The van der Waals surface area contributed by atoms with E-state index in [2.05, 4.69) is 159 Å². The lowest BCUT2D eigenvalue weighted by atomic mass is 9.64. The molecule has 0 saturated carbocycles. The van der Waals surface area contributed by atoms with E-state index < -0.39 is 5.41 Å². The largest absolute Gasteiger partial charge is 0.294 e. The van der Waals surface area contributed by atoms with Crippen LogP contribution in [-0.4, -0.2) is 0 Å². The molecule has 1 aliphatic carbocycles. The van der Waals surface area contributed by atoms with Gasteiger partial charge in [0.1, 0.15) is 10.9 Å². The first kappa shape index (κ1) is 24.2. The Hall–Kier alpha value is -5.12. The van der Waals surface area contributed by atoms with Gasteiger partial charge in [-0.05, 0) is 75.4 Å². The van der Waals surface area contributed by atoms with Gasteiger partial charge in [-0.25, -0.2) is 0 Å². The van der Waals surface area contributed by atoms with Gasteiger partial charge in [0.15, 0.2) is 4.70 Å². The molecule has 0 saturated heterocycles. The summed E-state index contributed by atoms with van der Waals surface area (Å²) >= 11 is 0. The van der Waals surface area contributed by atoms with E-state index in [1.54, 1.807) is 0 Å². The Morgan fingerprint density at radius 1 is 0.578 bits per heavy atom. The van der Waals surface area contributed by atoms with Crippen molar-refractivity contribution >= 4 is 33.1 Å². The van der Waals surface area contributed by atoms with Crippen molar-refractivity contribution in [2.75, 3.05) is 0 Å². The topological polar surface area (TPSA) is 7.76 Å². The Balaban J connectivity index is 1.45. The molecule has 0 amide bonds. The van der Waals surface area contributed by atoms with Crippen molar-refractivity contribution in [3.05, 3.63) is 155 Å². The monoisotopic (exact) mass is 578 g/mol. The second-order valence-corrected chi connectivity index (χ2v) is 14.5. The number of pyridine rings is 2. The van der Waals surface area contributed by atoms with Crippen LogP contribution in [0.2, 0.25) is 0 Å². The van der Waals surface area contributed by atoms with E-state index in [1.165, 1.54) is 88.8 Å². The molecule has 1 atom stereocenters. The van der Waals surface area contributed by atoms with Crippen LogP contribution in [0.1, 0.15) is 54.2 Å². The Kier molecular flexibility index (Phi) is 3.98. The van der Waals surface area contributed by atoms with E-state index in [0.717, 1.165) is 0 Å². The summed E-state index contributed by atoms with van der Waals surface area (Å²) in [5.74, 6) is 0. The van der Waals surface area contributed by atoms with Crippen molar-refractivity contribution in [1.82, 2.24) is 4.70 Å². The molecule has 5 heterocycles. The normalized spacial score (nSPS) is 18.5. The molecular weight excluding hydrogens is 546 g/mol. The second kappa shape index (κ2) is 7.39. The maximum absolute atomic E-state index is 2.56. The minimum absolute atomic E-state index is 0.0346. The van der Waals surface area contributed by atoms with Gasteiger partial charge in [0.25, 0.3) is 22.6 Å². The summed E-state index contributed by atoms with van der Waals surface area (Å²) < 4.78 is 5.63. The van der Waals surface area contributed by atoms with Crippen LogP contribution in [0.25, 0.3) is 44.1 Å².